The molecule has 1 atom stereocenters. The lowest BCUT2D eigenvalue weighted by Crippen LogP contribution is -2.26. The lowest BCUT2D eigenvalue weighted by Gasteiger charge is -2.19. The van der Waals surface area contributed by atoms with Gasteiger partial charge in [-0.3, -0.25) is 4.79 Å². The number of hydrogen-bond acceptors (Lipinski definition) is 4. The summed E-state index contributed by atoms with van der Waals surface area (Å²) in [5.74, 6) is -0.481. The summed E-state index contributed by atoms with van der Waals surface area (Å²) in [6.45, 7) is 3.86. The predicted octanol–water partition coefficient (Wildman–Crippen LogP) is 4.85. The zero-order chi connectivity index (χ0) is 20.8. The third-order valence-corrected chi connectivity index (χ3v) is 4.52. The molecule has 3 aromatic rings. The molecule has 5 nitrogen and oxygen atoms in total. The Labute approximate surface area is 170 Å². The summed E-state index contributed by atoms with van der Waals surface area (Å²) in [7, 11) is 1.52. The first-order valence-electron chi connectivity index (χ1n) is 9.26. The third-order valence-electron chi connectivity index (χ3n) is 4.52. The van der Waals surface area contributed by atoms with Crippen molar-refractivity contribution < 1.29 is 19.1 Å². The van der Waals surface area contributed by atoms with Gasteiger partial charge in [0.1, 0.15) is 5.75 Å². The lowest BCUT2D eigenvalue weighted by atomic mass is 10.1. The number of aryl methyl sites for hydroxylation is 2. The average Bonchev–Trinajstić information content (AvgIpc) is 2.75. The number of esters is 1. The van der Waals surface area contributed by atoms with E-state index in [9.17, 15) is 9.59 Å². The van der Waals surface area contributed by atoms with Crippen molar-refractivity contribution in [3.05, 3.63) is 95.1 Å². The molecule has 0 aliphatic heterocycles. The van der Waals surface area contributed by atoms with E-state index in [4.69, 9.17) is 9.47 Å². The van der Waals surface area contributed by atoms with Crippen molar-refractivity contribution >= 4 is 17.6 Å². The Morgan fingerprint density at radius 2 is 1.66 bits per heavy atom. The summed E-state index contributed by atoms with van der Waals surface area (Å²) in [6.07, 6.45) is -1.09. The minimum Gasteiger partial charge on any atom is -0.497 e. The van der Waals surface area contributed by atoms with Crippen molar-refractivity contribution in [1.82, 2.24) is 0 Å². The van der Waals surface area contributed by atoms with Crippen molar-refractivity contribution in [2.24, 2.45) is 0 Å². The fourth-order valence-corrected chi connectivity index (χ4v) is 2.89. The molecule has 0 aliphatic carbocycles. The molecule has 5 heteroatoms. The van der Waals surface area contributed by atoms with Crippen LogP contribution in [0.1, 0.15) is 33.2 Å². The van der Waals surface area contributed by atoms with Gasteiger partial charge in [-0.05, 0) is 49.2 Å². The predicted molar refractivity (Wildman–Crippen MR) is 112 cm³/mol. The highest BCUT2D eigenvalue weighted by atomic mass is 16.5. The third kappa shape index (κ3) is 5.02. The maximum Gasteiger partial charge on any atom is 0.339 e. The number of benzene rings is 3. The summed E-state index contributed by atoms with van der Waals surface area (Å²) >= 11 is 0. The molecule has 1 amide bonds. The monoisotopic (exact) mass is 389 g/mol. The van der Waals surface area contributed by atoms with Crippen LogP contribution in [0.2, 0.25) is 0 Å². The molecule has 3 rings (SSSR count). The summed E-state index contributed by atoms with van der Waals surface area (Å²) < 4.78 is 10.8. The molecule has 0 unspecified atom stereocenters. The Balaban J connectivity index is 1.87. The second-order valence-corrected chi connectivity index (χ2v) is 6.74. The highest BCUT2D eigenvalue weighted by Gasteiger charge is 2.26. The molecule has 3 aromatic carbocycles. The molecule has 0 saturated carbocycles. The molecule has 0 fully saturated rings. The Morgan fingerprint density at radius 3 is 2.38 bits per heavy atom. The number of methoxy groups -OCH3 is 1. The van der Waals surface area contributed by atoms with Crippen LogP contribution in [0.4, 0.5) is 5.69 Å². The summed E-state index contributed by atoms with van der Waals surface area (Å²) in [6, 6.07) is 21.4. The van der Waals surface area contributed by atoms with Gasteiger partial charge in [0.15, 0.2) is 0 Å². The van der Waals surface area contributed by atoms with E-state index in [0.29, 0.717) is 22.6 Å². The summed E-state index contributed by atoms with van der Waals surface area (Å²) in [4.78, 5) is 25.8. The van der Waals surface area contributed by atoms with Crippen molar-refractivity contribution in [3.63, 3.8) is 0 Å². The highest BCUT2D eigenvalue weighted by molar-refractivity contribution is 5.98. The fourth-order valence-electron chi connectivity index (χ4n) is 2.89. The second-order valence-electron chi connectivity index (χ2n) is 6.74. The number of amides is 1. The molecular weight excluding hydrogens is 366 g/mol. The van der Waals surface area contributed by atoms with Crippen LogP contribution in [0.25, 0.3) is 0 Å². The van der Waals surface area contributed by atoms with Gasteiger partial charge in [0, 0.05) is 11.3 Å². The number of anilines is 1. The van der Waals surface area contributed by atoms with Gasteiger partial charge in [-0.2, -0.15) is 0 Å². The second kappa shape index (κ2) is 9.06. The molecule has 148 valence electrons. The number of hydrogen-bond donors (Lipinski definition) is 1. The molecular formula is C24H23NO4. The molecule has 0 saturated heterocycles. The van der Waals surface area contributed by atoms with Gasteiger partial charge >= 0.3 is 5.97 Å². The molecule has 0 aliphatic rings. The van der Waals surface area contributed by atoms with Crippen molar-refractivity contribution in [1.29, 1.82) is 0 Å². The smallest absolute Gasteiger partial charge is 0.339 e. The molecule has 0 spiro atoms. The largest absolute Gasteiger partial charge is 0.497 e. The van der Waals surface area contributed by atoms with Gasteiger partial charge in [0.05, 0.1) is 12.7 Å². The van der Waals surface area contributed by atoms with Crippen molar-refractivity contribution in [2.75, 3.05) is 12.4 Å². The summed E-state index contributed by atoms with van der Waals surface area (Å²) in [5, 5.41) is 2.89. The van der Waals surface area contributed by atoms with E-state index in [2.05, 4.69) is 5.32 Å². The number of rotatable bonds is 6. The van der Waals surface area contributed by atoms with Crippen LogP contribution in [-0.2, 0) is 9.53 Å². The van der Waals surface area contributed by atoms with Crippen LogP contribution in [0, 0.1) is 13.8 Å². The lowest BCUT2D eigenvalue weighted by molar-refractivity contribution is -0.125. The van der Waals surface area contributed by atoms with E-state index < -0.39 is 18.0 Å². The van der Waals surface area contributed by atoms with Gasteiger partial charge in [0.25, 0.3) is 5.91 Å². The number of nitrogens with one attached hydrogen (secondary N) is 1. The zero-order valence-corrected chi connectivity index (χ0v) is 16.6. The van der Waals surface area contributed by atoms with Crippen molar-refractivity contribution in [3.8, 4) is 5.75 Å². The Hall–Kier alpha value is -3.60. The molecule has 1 N–H and O–H groups in total. The number of ether oxygens (including phenoxy) is 2. The SMILES string of the molecule is COc1cccc(C(=O)O[C@@H](C(=O)Nc2cc(C)ccc2C)c2ccccc2)c1. The zero-order valence-electron chi connectivity index (χ0n) is 16.6. The highest BCUT2D eigenvalue weighted by Crippen LogP contribution is 2.24. The van der Waals surface area contributed by atoms with Gasteiger partial charge in [-0.25, -0.2) is 4.79 Å². The van der Waals surface area contributed by atoms with Crippen LogP contribution >= 0.6 is 0 Å². The first kappa shape index (κ1) is 20.1. The molecule has 0 bridgehead atoms. The van der Waals surface area contributed by atoms with Crippen LogP contribution in [0.15, 0.2) is 72.8 Å². The van der Waals surface area contributed by atoms with Crippen LogP contribution in [0.5, 0.6) is 5.75 Å². The maximum atomic E-state index is 13.1. The van der Waals surface area contributed by atoms with Crippen LogP contribution in [-0.4, -0.2) is 19.0 Å². The van der Waals surface area contributed by atoms with Gasteiger partial charge in [0.2, 0.25) is 6.10 Å². The quantitative estimate of drug-likeness (QED) is 0.612. The molecule has 0 heterocycles. The van der Waals surface area contributed by atoms with E-state index >= 15 is 0 Å². The minimum absolute atomic E-state index is 0.310. The van der Waals surface area contributed by atoms with Crippen LogP contribution < -0.4 is 10.1 Å². The van der Waals surface area contributed by atoms with E-state index in [1.54, 1.807) is 48.5 Å². The first-order valence-corrected chi connectivity index (χ1v) is 9.26. The van der Waals surface area contributed by atoms with E-state index in [0.717, 1.165) is 11.1 Å². The van der Waals surface area contributed by atoms with Crippen molar-refractivity contribution in [2.45, 2.75) is 20.0 Å². The van der Waals surface area contributed by atoms with E-state index in [1.165, 1.54) is 7.11 Å². The Morgan fingerprint density at radius 1 is 0.897 bits per heavy atom. The number of carbonyl (C=O) groups is 2. The molecule has 0 radical (unpaired) electrons. The normalized spacial score (nSPS) is 11.4. The van der Waals surface area contributed by atoms with Gasteiger partial charge in [-0.15, -0.1) is 0 Å². The Kier molecular flexibility index (Phi) is 6.29. The van der Waals surface area contributed by atoms with E-state index in [-0.39, 0.29) is 0 Å². The van der Waals surface area contributed by atoms with Gasteiger partial charge < -0.3 is 14.8 Å². The topological polar surface area (TPSA) is 64.6 Å². The molecule has 0 aromatic heterocycles. The molecule has 29 heavy (non-hydrogen) atoms. The van der Waals surface area contributed by atoms with E-state index in [1.807, 2.05) is 38.1 Å². The first-order chi connectivity index (χ1) is 14.0. The fraction of sp³-hybridized carbons (Fsp3) is 0.167. The Bertz CT molecular complexity index is 1010. The van der Waals surface area contributed by atoms with Crippen LogP contribution in [0.3, 0.4) is 0 Å². The number of carbonyl (C=O) groups excluding carboxylic acids is 2. The minimum atomic E-state index is -1.09. The summed E-state index contributed by atoms with van der Waals surface area (Å²) in [5.41, 5.74) is 3.54. The average molecular weight is 389 g/mol. The standard InChI is InChI=1S/C24H23NO4/c1-16-12-13-17(2)21(14-16)25-23(26)22(18-8-5-4-6-9-18)29-24(27)19-10-7-11-20(15-19)28-3/h4-15,22H,1-3H3,(H,25,26)/t22-/m1/s1. The maximum absolute atomic E-state index is 13.1. The van der Waals surface area contributed by atoms with Gasteiger partial charge in [-0.1, -0.05) is 48.5 Å².